The molecular weight excluding hydrogens is 364 g/mol. The molecule has 0 saturated carbocycles. The molecule has 0 spiro atoms. The van der Waals surface area contributed by atoms with Gasteiger partial charge in [-0.25, -0.2) is 4.79 Å². The van der Waals surface area contributed by atoms with Gasteiger partial charge in [0, 0.05) is 21.1 Å². The Morgan fingerprint density at radius 1 is 1.07 bits per heavy atom. The predicted octanol–water partition coefficient (Wildman–Crippen LogP) is 0.621. The summed E-state index contributed by atoms with van der Waals surface area (Å²) in [5.74, 6) is -0.291. The third-order valence-corrected chi connectivity index (χ3v) is 1.19. The van der Waals surface area contributed by atoms with Gasteiger partial charge in [-0.05, 0) is 26.2 Å². The second-order valence-electron chi connectivity index (χ2n) is 1.86. The number of hydrogen-bond acceptors (Lipinski definition) is 4. The van der Waals surface area contributed by atoms with E-state index in [4.69, 9.17) is 0 Å². The summed E-state index contributed by atoms with van der Waals surface area (Å²) in [6.07, 6.45) is 0. The Hall–Kier alpha value is -0.702. The Morgan fingerprint density at radius 2 is 1.47 bits per heavy atom. The van der Waals surface area contributed by atoms with E-state index >= 15 is 0 Å². The molecule has 86 valence electrons. The number of rotatable bonds is 1. The molecule has 0 aliphatic heterocycles. The van der Waals surface area contributed by atoms with Gasteiger partial charge in [0.25, 0.3) is 0 Å². The van der Waals surface area contributed by atoms with Gasteiger partial charge < -0.3 is 16.2 Å². The van der Waals surface area contributed by atoms with Gasteiger partial charge in [-0.2, -0.15) is 0 Å². The van der Waals surface area contributed by atoms with E-state index in [1.807, 2.05) is 6.07 Å². The quantitative estimate of drug-likeness (QED) is 0.699. The fourth-order valence-electron chi connectivity index (χ4n) is 0.692. The first-order valence-corrected chi connectivity index (χ1v) is 4.13. The van der Waals surface area contributed by atoms with Crippen molar-refractivity contribution in [2.24, 2.45) is 11.5 Å². The first-order valence-electron chi connectivity index (χ1n) is 4.13. The fourth-order valence-corrected chi connectivity index (χ4v) is 0.692. The summed E-state index contributed by atoms with van der Waals surface area (Å²) in [5, 5.41) is 0. The molecule has 0 heterocycles. The zero-order chi connectivity index (χ0) is 11.4. The molecule has 4 nitrogen and oxygen atoms in total. The van der Waals surface area contributed by atoms with E-state index in [2.05, 4.69) is 16.2 Å². The van der Waals surface area contributed by atoms with Gasteiger partial charge in [0.15, 0.2) is 0 Å². The Balaban J connectivity index is -0.000000258. The first kappa shape index (κ1) is 19.8. The minimum absolute atomic E-state index is 0. The number of benzene rings is 1. The van der Waals surface area contributed by atoms with Crippen LogP contribution in [0.2, 0.25) is 0 Å². The molecule has 0 aliphatic carbocycles. The van der Waals surface area contributed by atoms with E-state index in [-0.39, 0.29) is 27.0 Å². The van der Waals surface area contributed by atoms with Gasteiger partial charge in [-0.3, -0.25) is 0 Å². The molecular formula is C10H18N2O2W. The minimum atomic E-state index is -0.291. The van der Waals surface area contributed by atoms with Crippen molar-refractivity contribution in [1.29, 1.82) is 0 Å². The fraction of sp³-hybridized carbons (Fsp3) is 0.300. The van der Waals surface area contributed by atoms with Crippen molar-refractivity contribution in [3.05, 3.63) is 35.9 Å². The maximum Gasteiger partial charge on any atom is 0.337 e. The maximum atomic E-state index is 10.8. The molecule has 0 amide bonds. The molecule has 0 atom stereocenters. The van der Waals surface area contributed by atoms with Crippen LogP contribution in [0.1, 0.15) is 10.4 Å². The normalized spacial score (nSPS) is 6.73. The summed E-state index contributed by atoms with van der Waals surface area (Å²) in [6.45, 7) is 0. The van der Waals surface area contributed by atoms with E-state index in [1.54, 1.807) is 24.3 Å². The van der Waals surface area contributed by atoms with Crippen LogP contribution in [-0.2, 0) is 25.8 Å². The molecule has 0 fully saturated rings. The molecule has 1 rings (SSSR count). The second-order valence-corrected chi connectivity index (χ2v) is 1.86. The second kappa shape index (κ2) is 15.8. The SMILES string of the molecule is CN.CN.COC(=O)c1ccccc1.[W]. The predicted molar refractivity (Wildman–Crippen MR) is 58.0 cm³/mol. The van der Waals surface area contributed by atoms with Gasteiger partial charge in [0.1, 0.15) is 0 Å². The minimum Gasteiger partial charge on any atom is -0.465 e. The van der Waals surface area contributed by atoms with Gasteiger partial charge in [-0.15, -0.1) is 0 Å². The Morgan fingerprint density at radius 3 is 1.80 bits per heavy atom. The first-order chi connectivity index (χ1) is 6.84. The smallest absolute Gasteiger partial charge is 0.337 e. The van der Waals surface area contributed by atoms with Crippen molar-refractivity contribution in [1.82, 2.24) is 0 Å². The van der Waals surface area contributed by atoms with Crippen LogP contribution in [0.4, 0.5) is 0 Å². The van der Waals surface area contributed by atoms with Gasteiger partial charge in [-0.1, -0.05) is 18.2 Å². The molecule has 1 aromatic rings. The zero-order valence-electron chi connectivity index (χ0n) is 9.27. The average molecular weight is 382 g/mol. The summed E-state index contributed by atoms with van der Waals surface area (Å²) in [6, 6.07) is 8.88. The molecule has 0 unspecified atom stereocenters. The van der Waals surface area contributed by atoms with Crippen LogP contribution in [0.5, 0.6) is 0 Å². The summed E-state index contributed by atoms with van der Waals surface area (Å²) in [7, 11) is 4.37. The van der Waals surface area contributed by atoms with Crippen LogP contribution in [0.25, 0.3) is 0 Å². The van der Waals surface area contributed by atoms with Gasteiger partial charge in [0.05, 0.1) is 12.7 Å². The van der Waals surface area contributed by atoms with E-state index in [0.717, 1.165) is 0 Å². The summed E-state index contributed by atoms with van der Waals surface area (Å²) in [5.41, 5.74) is 9.59. The number of methoxy groups -OCH3 is 1. The molecule has 0 aliphatic rings. The van der Waals surface area contributed by atoms with Gasteiger partial charge in [0.2, 0.25) is 0 Å². The molecule has 0 bridgehead atoms. The van der Waals surface area contributed by atoms with Crippen molar-refractivity contribution >= 4 is 5.97 Å². The van der Waals surface area contributed by atoms with Crippen LogP contribution in [0, 0.1) is 0 Å². The Bertz CT molecular complexity index is 230. The number of esters is 1. The number of carbonyl (C=O) groups is 1. The summed E-state index contributed by atoms with van der Waals surface area (Å²) in [4.78, 5) is 10.8. The van der Waals surface area contributed by atoms with E-state index in [9.17, 15) is 4.79 Å². The molecule has 1 aromatic carbocycles. The molecule has 0 saturated heterocycles. The number of hydrogen-bond donors (Lipinski definition) is 2. The van der Waals surface area contributed by atoms with E-state index < -0.39 is 0 Å². The summed E-state index contributed by atoms with van der Waals surface area (Å²) >= 11 is 0. The molecule has 0 radical (unpaired) electrons. The third kappa shape index (κ3) is 9.60. The van der Waals surface area contributed by atoms with Crippen molar-refractivity contribution in [2.75, 3.05) is 21.2 Å². The average Bonchev–Trinajstić information content (AvgIpc) is 2.34. The van der Waals surface area contributed by atoms with Crippen LogP contribution in [-0.4, -0.2) is 27.2 Å². The monoisotopic (exact) mass is 382 g/mol. The zero-order valence-corrected chi connectivity index (χ0v) is 12.2. The molecule has 15 heavy (non-hydrogen) atoms. The largest absolute Gasteiger partial charge is 0.465 e. The number of nitrogens with two attached hydrogens (primary N) is 2. The number of carbonyl (C=O) groups excluding carboxylic acids is 1. The molecule has 0 aromatic heterocycles. The summed E-state index contributed by atoms with van der Waals surface area (Å²) < 4.78 is 4.50. The third-order valence-electron chi connectivity index (χ3n) is 1.19. The van der Waals surface area contributed by atoms with Crippen LogP contribution in [0.3, 0.4) is 0 Å². The molecule has 5 heteroatoms. The van der Waals surface area contributed by atoms with Crippen molar-refractivity contribution < 1.29 is 30.6 Å². The van der Waals surface area contributed by atoms with Crippen LogP contribution in [0.15, 0.2) is 30.3 Å². The van der Waals surface area contributed by atoms with Crippen molar-refractivity contribution in [3.63, 3.8) is 0 Å². The van der Waals surface area contributed by atoms with E-state index in [0.29, 0.717) is 5.56 Å². The van der Waals surface area contributed by atoms with Crippen LogP contribution >= 0.6 is 0 Å². The van der Waals surface area contributed by atoms with E-state index in [1.165, 1.54) is 21.2 Å². The Labute approximate surface area is 105 Å². The number of ether oxygens (including phenoxy) is 1. The Kier molecular flexibility index (Phi) is 20.8. The standard InChI is InChI=1S/C8H8O2.2CH5N.W/c1-10-8(9)7-5-3-2-4-6-7;2*1-2;/h2-6H,1H3;2*2H2,1H3;. The topological polar surface area (TPSA) is 78.3 Å². The molecule has 4 N–H and O–H groups in total. The van der Waals surface area contributed by atoms with Crippen LogP contribution < -0.4 is 11.5 Å². The van der Waals surface area contributed by atoms with Gasteiger partial charge >= 0.3 is 5.97 Å². The van der Waals surface area contributed by atoms with Crippen molar-refractivity contribution in [2.45, 2.75) is 0 Å². The maximum absolute atomic E-state index is 10.8. The van der Waals surface area contributed by atoms with Crippen molar-refractivity contribution in [3.8, 4) is 0 Å².